The quantitative estimate of drug-likeness (QED) is 0.662. The van der Waals surface area contributed by atoms with E-state index in [1.165, 1.54) is 0 Å². The van der Waals surface area contributed by atoms with Gasteiger partial charge in [0.05, 0.1) is 11.6 Å². The van der Waals surface area contributed by atoms with Crippen molar-refractivity contribution in [3.63, 3.8) is 0 Å². The van der Waals surface area contributed by atoms with E-state index in [-0.39, 0.29) is 19.4 Å². The zero-order valence-corrected chi connectivity index (χ0v) is 10.2. The SMILES string of the molecule is C=C(Cl)C(F)(F)CCCOCc1ccccc1. The Hall–Kier alpha value is -0.930. The molecule has 0 aliphatic carbocycles. The fraction of sp³-hybridized carbons (Fsp3) is 0.385. The van der Waals surface area contributed by atoms with Crippen LogP contribution in [0.4, 0.5) is 8.78 Å². The molecular formula is C13H15ClF2O. The first-order valence-corrected chi connectivity index (χ1v) is 5.74. The van der Waals surface area contributed by atoms with E-state index in [9.17, 15) is 8.78 Å². The van der Waals surface area contributed by atoms with Crippen LogP contribution in [0.15, 0.2) is 41.9 Å². The van der Waals surface area contributed by atoms with Gasteiger partial charge in [-0.05, 0) is 12.0 Å². The maximum Gasteiger partial charge on any atom is 0.283 e. The lowest BCUT2D eigenvalue weighted by atomic mass is 10.2. The van der Waals surface area contributed by atoms with Gasteiger partial charge >= 0.3 is 0 Å². The van der Waals surface area contributed by atoms with Crippen molar-refractivity contribution in [2.45, 2.75) is 25.4 Å². The second kappa shape index (κ2) is 6.72. The van der Waals surface area contributed by atoms with E-state index in [0.717, 1.165) is 5.56 Å². The van der Waals surface area contributed by atoms with Crippen molar-refractivity contribution in [1.82, 2.24) is 0 Å². The Bertz CT molecular complexity index is 352. The highest BCUT2D eigenvalue weighted by atomic mass is 35.5. The summed E-state index contributed by atoms with van der Waals surface area (Å²) in [5, 5.41) is -0.611. The van der Waals surface area contributed by atoms with Crippen molar-refractivity contribution in [2.24, 2.45) is 0 Å². The van der Waals surface area contributed by atoms with Crippen LogP contribution < -0.4 is 0 Å². The van der Waals surface area contributed by atoms with E-state index in [0.29, 0.717) is 6.61 Å². The fourth-order valence-corrected chi connectivity index (χ4v) is 1.39. The number of ether oxygens (including phenoxy) is 1. The van der Waals surface area contributed by atoms with E-state index < -0.39 is 11.0 Å². The van der Waals surface area contributed by atoms with Crippen LogP contribution in [0.2, 0.25) is 0 Å². The Balaban J connectivity index is 2.15. The molecule has 0 saturated heterocycles. The smallest absolute Gasteiger partial charge is 0.283 e. The molecule has 0 heterocycles. The van der Waals surface area contributed by atoms with Crippen LogP contribution in [0.5, 0.6) is 0 Å². The average molecular weight is 261 g/mol. The number of rotatable bonds is 7. The molecule has 0 atom stereocenters. The molecule has 0 aliphatic heterocycles. The topological polar surface area (TPSA) is 9.23 Å². The van der Waals surface area contributed by atoms with Gasteiger partial charge in [0, 0.05) is 13.0 Å². The monoisotopic (exact) mass is 260 g/mol. The minimum atomic E-state index is -3.00. The first-order valence-electron chi connectivity index (χ1n) is 5.37. The summed E-state index contributed by atoms with van der Waals surface area (Å²) in [6, 6.07) is 9.58. The normalized spacial score (nSPS) is 11.5. The third kappa shape index (κ3) is 5.29. The maximum absolute atomic E-state index is 13.0. The molecule has 0 spiro atoms. The molecule has 0 N–H and O–H groups in total. The maximum atomic E-state index is 13.0. The van der Waals surface area contributed by atoms with E-state index in [1.54, 1.807) is 0 Å². The second-order valence-corrected chi connectivity index (χ2v) is 4.21. The zero-order valence-electron chi connectivity index (χ0n) is 9.46. The number of hydrogen-bond donors (Lipinski definition) is 0. The van der Waals surface area contributed by atoms with Crippen molar-refractivity contribution in [2.75, 3.05) is 6.61 Å². The Morgan fingerprint density at radius 3 is 2.53 bits per heavy atom. The molecule has 0 radical (unpaired) electrons. The third-order valence-corrected chi connectivity index (χ3v) is 2.56. The summed E-state index contributed by atoms with van der Waals surface area (Å²) < 4.78 is 31.3. The molecule has 1 aromatic rings. The molecule has 0 fully saturated rings. The molecule has 0 aliphatic rings. The van der Waals surface area contributed by atoms with Gasteiger partial charge in [0.2, 0.25) is 0 Å². The van der Waals surface area contributed by atoms with Gasteiger partial charge in [0.25, 0.3) is 5.92 Å². The predicted octanol–water partition coefficient (Wildman–Crippen LogP) is 4.37. The van der Waals surface area contributed by atoms with E-state index in [2.05, 4.69) is 6.58 Å². The van der Waals surface area contributed by atoms with Crippen LogP contribution in [-0.2, 0) is 11.3 Å². The summed E-state index contributed by atoms with van der Waals surface area (Å²) in [6.45, 7) is 3.77. The van der Waals surface area contributed by atoms with Crippen molar-refractivity contribution in [3.8, 4) is 0 Å². The van der Waals surface area contributed by atoms with Gasteiger partial charge in [-0.1, -0.05) is 48.5 Å². The van der Waals surface area contributed by atoms with Crippen LogP contribution in [-0.4, -0.2) is 12.5 Å². The standard InChI is InChI=1S/C13H15ClF2O/c1-11(14)13(15,16)8-5-9-17-10-12-6-3-2-4-7-12/h2-4,6-7H,1,5,8-10H2. The molecule has 1 nitrogen and oxygen atoms in total. The molecule has 1 rings (SSSR count). The molecule has 0 aromatic heterocycles. The molecule has 94 valence electrons. The van der Waals surface area contributed by atoms with Crippen LogP contribution >= 0.6 is 11.6 Å². The Morgan fingerprint density at radius 1 is 1.29 bits per heavy atom. The van der Waals surface area contributed by atoms with Crippen LogP contribution in [0.25, 0.3) is 0 Å². The van der Waals surface area contributed by atoms with E-state index in [4.69, 9.17) is 16.3 Å². The number of halogens is 3. The van der Waals surface area contributed by atoms with Crippen LogP contribution in [0.1, 0.15) is 18.4 Å². The highest BCUT2D eigenvalue weighted by Crippen LogP contribution is 2.30. The van der Waals surface area contributed by atoms with Gasteiger partial charge in [0.1, 0.15) is 0 Å². The van der Waals surface area contributed by atoms with Gasteiger partial charge in [-0.2, -0.15) is 0 Å². The molecule has 0 bridgehead atoms. The molecule has 0 amide bonds. The summed E-state index contributed by atoms with van der Waals surface area (Å²) in [5.41, 5.74) is 1.03. The Labute approximate surface area is 105 Å². The molecular weight excluding hydrogens is 246 g/mol. The van der Waals surface area contributed by atoms with Crippen molar-refractivity contribution in [3.05, 3.63) is 47.5 Å². The summed E-state index contributed by atoms with van der Waals surface area (Å²) in [4.78, 5) is 0. The minimum absolute atomic E-state index is 0.256. The molecule has 0 unspecified atom stereocenters. The number of benzene rings is 1. The lowest BCUT2D eigenvalue weighted by Crippen LogP contribution is -2.16. The summed E-state index contributed by atoms with van der Waals surface area (Å²) >= 11 is 5.19. The number of hydrogen-bond acceptors (Lipinski definition) is 1. The molecule has 17 heavy (non-hydrogen) atoms. The Kier molecular flexibility index (Phi) is 5.59. The van der Waals surface area contributed by atoms with Crippen LogP contribution in [0.3, 0.4) is 0 Å². The summed E-state index contributed by atoms with van der Waals surface area (Å²) in [5.74, 6) is -3.00. The minimum Gasteiger partial charge on any atom is -0.377 e. The average Bonchev–Trinajstić information content (AvgIpc) is 2.29. The van der Waals surface area contributed by atoms with Gasteiger partial charge in [-0.25, -0.2) is 8.78 Å². The van der Waals surface area contributed by atoms with Gasteiger partial charge in [-0.15, -0.1) is 0 Å². The number of allylic oxidation sites excluding steroid dienone is 1. The van der Waals surface area contributed by atoms with Crippen molar-refractivity contribution in [1.29, 1.82) is 0 Å². The van der Waals surface area contributed by atoms with Gasteiger partial charge in [0.15, 0.2) is 0 Å². The summed E-state index contributed by atoms with van der Waals surface area (Å²) in [7, 11) is 0. The van der Waals surface area contributed by atoms with Crippen molar-refractivity contribution >= 4 is 11.6 Å². The highest BCUT2D eigenvalue weighted by Gasteiger charge is 2.30. The molecule has 1 aromatic carbocycles. The van der Waals surface area contributed by atoms with Gasteiger partial charge in [-0.3, -0.25) is 0 Å². The van der Waals surface area contributed by atoms with Gasteiger partial charge < -0.3 is 4.74 Å². The lowest BCUT2D eigenvalue weighted by molar-refractivity contribution is 0.0246. The van der Waals surface area contributed by atoms with Crippen LogP contribution in [0, 0.1) is 0 Å². The molecule has 4 heteroatoms. The summed E-state index contributed by atoms with van der Waals surface area (Å²) in [6.07, 6.45) is -0.0737. The molecule has 0 saturated carbocycles. The third-order valence-electron chi connectivity index (χ3n) is 2.29. The zero-order chi connectivity index (χ0) is 12.7. The van der Waals surface area contributed by atoms with Crippen molar-refractivity contribution < 1.29 is 13.5 Å². The van der Waals surface area contributed by atoms with E-state index in [1.807, 2.05) is 30.3 Å². The second-order valence-electron chi connectivity index (χ2n) is 3.75. The number of alkyl halides is 2. The fourth-order valence-electron chi connectivity index (χ4n) is 1.30. The lowest BCUT2D eigenvalue weighted by Gasteiger charge is -2.14. The largest absolute Gasteiger partial charge is 0.377 e. The highest BCUT2D eigenvalue weighted by molar-refractivity contribution is 6.30. The predicted molar refractivity (Wildman–Crippen MR) is 65.3 cm³/mol. The first-order chi connectivity index (χ1) is 8.02. The van der Waals surface area contributed by atoms with E-state index >= 15 is 0 Å². The Morgan fingerprint density at radius 2 is 1.94 bits per heavy atom. The first kappa shape index (κ1) is 14.1.